The van der Waals surface area contributed by atoms with Gasteiger partial charge in [-0.05, 0) is 86.3 Å². The summed E-state index contributed by atoms with van der Waals surface area (Å²) in [5, 5.41) is 5.26. The van der Waals surface area contributed by atoms with Crippen LogP contribution in [0, 0.1) is 0 Å². The van der Waals surface area contributed by atoms with Crippen LogP contribution >= 0.6 is 0 Å². The Morgan fingerprint density at radius 2 is 1.07 bits per heavy atom. The summed E-state index contributed by atoms with van der Waals surface area (Å²) in [6, 6.07) is 48.3. The molecule has 0 aliphatic heterocycles. The topological polar surface area (TPSA) is 31.0 Å². The van der Waals surface area contributed by atoms with Gasteiger partial charge in [-0.3, -0.25) is 4.57 Å². The first kappa shape index (κ1) is 26.9. The lowest BCUT2D eigenvalue weighted by Crippen LogP contribution is -2.31. The minimum Gasteiger partial charge on any atom is -0.456 e. The highest BCUT2D eigenvalue weighted by molar-refractivity contribution is 6.58. The van der Waals surface area contributed by atoms with Gasteiger partial charge in [-0.15, -0.1) is 0 Å². The van der Waals surface area contributed by atoms with Gasteiger partial charge in [-0.25, -0.2) is 4.98 Å². The molecule has 0 saturated heterocycles. The lowest BCUT2D eigenvalue weighted by molar-refractivity contribution is 0.669. The number of benzene rings is 7. The Hall–Kier alpha value is -5.48. The first-order chi connectivity index (χ1) is 22.5. The second-order valence-electron chi connectivity index (χ2n) is 11.9. The fourth-order valence-corrected chi connectivity index (χ4v) is 7.01. The van der Waals surface area contributed by atoms with E-state index in [2.05, 4.69) is 97.1 Å². The third-order valence-corrected chi connectivity index (χ3v) is 8.94. The number of furan rings is 1. The van der Waals surface area contributed by atoms with Crippen molar-refractivity contribution >= 4 is 78.1 Å². The zero-order chi connectivity index (χ0) is 31.0. The maximum absolute atomic E-state index is 6.25. The smallest absolute Gasteiger partial charge is 0.135 e. The van der Waals surface area contributed by atoms with E-state index in [4.69, 9.17) is 32.9 Å². The van der Waals surface area contributed by atoms with Gasteiger partial charge in [0.05, 0.1) is 40.4 Å². The summed E-state index contributed by atoms with van der Waals surface area (Å²) in [6.45, 7) is 0. The highest BCUT2D eigenvalue weighted by Gasteiger charge is 2.23. The first-order valence-electron chi connectivity index (χ1n) is 15.3. The first-order valence-corrected chi connectivity index (χ1v) is 15.3. The van der Waals surface area contributed by atoms with Gasteiger partial charge < -0.3 is 4.42 Å². The van der Waals surface area contributed by atoms with Gasteiger partial charge in [0.25, 0.3) is 0 Å². The molecule has 0 amide bonds. The molecule has 3 nitrogen and oxygen atoms in total. The molecule has 0 aliphatic carbocycles. The Morgan fingerprint density at radius 1 is 0.500 bits per heavy atom. The third-order valence-electron chi connectivity index (χ3n) is 8.94. The minimum atomic E-state index is -1.63. The van der Waals surface area contributed by atoms with Gasteiger partial charge in [0.15, 0.2) is 0 Å². The molecule has 0 N–H and O–H groups in total. The van der Waals surface area contributed by atoms with Gasteiger partial charge in [0, 0.05) is 16.5 Å². The Morgan fingerprint density at radius 3 is 1.74 bits per heavy atom. The molecule has 6 radical (unpaired) electrons. The second kappa shape index (κ2) is 10.0. The van der Waals surface area contributed by atoms with Gasteiger partial charge in [0.1, 0.15) is 11.2 Å². The zero-order valence-electron chi connectivity index (χ0n) is 24.8. The molecular formula is C40H23B3N2O. The van der Waals surface area contributed by atoms with E-state index < -0.39 is 5.11 Å². The Kier molecular flexibility index (Phi) is 5.85. The molecule has 9 aromatic rings. The van der Waals surface area contributed by atoms with E-state index in [1.54, 1.807) is 0 Å². The van der Waals surface area contributed by atoms with Crippen molar-refractivity contribution in [1.29, 1.82) is 0 Å². The molecule has 46 heavy (non-hydrogen) atoms. The van der Waals surface area contributed by atoms with Gasteiger partial charge in [0.2, 0.25) is 0 Å². The third kappa shape index (κ3) is 4.06. The molecule has 0 spiro atoms. The maximum atomic E-state index is 6.25. The monoisotopic (exact) mass is 580 g/mol. The molecule has 0 saturated carbocycles. The average molecular weight is 580 g/mol. The van der Waals surface area contributed by atoms with Gasteiger partial charge in [-0.1, -0.05) is 102 Å². The molecular weight excluding hydrogens is 557 g/mol. The molecule has 6 heteroatoms. The van der Waals surface area contributed by atoms with E-state index in [1.807, 2.05) is 47.0 Å². The molecule has 208 valence electrons. The quantitative estimate of drug-likeness (QED) is 0.154. The summed E-state index contributed by atoms with van der Waals surface area (Å²) in [4.78, 5) is 4.73. The van der Waals surface area contributed by atoms with E-state index in [1.165, 1.54) is 16.3 Å². The highest BCUT2D eigenvalue weighted by atomic mass is 16.3. The highest BCUT2D eigenvalue weighted by Crippen LogP contribution is 2.45. The van der Waals surface area contributed by atoms with E-state index >= 15 is 0 Å². The van der Waals surface area contributed by atoms with Crippen LogP contribution in [0.15, 0.2) is 144 Å². The summed E-state index contributed by atoms with van der Waals surface area (Å²) in [6.07, 6.45) is 0. The molecule has 0 bridgehead atoms. The SMILES string of the molecule is [B]C([B])([B])c1nc2ccccc2n1-c1cccc(-c2c3ccccc3c(-c3ccc4oc5ccccc5c4c3)c3ccccc23)c1. The molecule has 7 aromatic carbocycles. The number of fused-ring (bicyclic) bond motifs is 6. The van der Waals surface area contributed by atoms with E-state index in [-0.39, 0.29) is 0 Å². The fraction of sp³-hybridized carbons (Fsp3) is 0.0250. The molecule has 0 atom stereocenters. The van der Waals surface area contributed by atoms with Crippen molar-refractivity contribution in [1.82, 2.24) is 9.55 Å². The van der Waals surface area contributed by atoms with Crippen molar-refractivity contribution in [3.63, 3.8) is 0 Å². The van der Waals surface area contributed by atoms with Crippen molar-refractivity contribution in [2.24, 2.45) is 0 Å². The number of nitrogens with zero attached hydrogens (tertiary/aromatic N) is 2. The number of para-hydroxylation sites is 3. The van der Waals surface area contributed by atoms with Crippen LogP contribution in [0.3, 0.4) is 0 Å². The molecule has 0 aliphatic rings. The normalized spacial score (nSPS) is 12.2. The Balaban J connectivity index is 1.32. The van der Waals surface area contributed by atoms with E-state index in [0.717, 1.165) is 66.1 Å². The van der Waals surface area contributed by atoms with Crippen LogP contribution < -0.4 is 0 Å². The van der Waals surface area contributed by atoms with E-state index in [0.29, 0.717) is 5.82 Å². The molecule has 9 rings (SSSR count). The molecule has 0 unspecified atom stereocenters. The van der Waals surface area contributed by atoms with Crippen LogP contribution in [-0.4, -0.2) is 33.1 Å². The van der Waals surface area contributed by atoms with Crippen molar-refractivity contribution in [2.45, 2.75) is 5.11 Å². The van der Waals surface area contributed by atoms with Crippen LogP contribution in [0.2, 0.25) is 0 Å². The van der Waals surface area contributed by atoms with Crippen LogP contribution in [-0.2, 0) is 5.11 Å². The number of aromatic nitrogens is 2. The number of imidazole rings is 1. The zero-order valence-corrected chi connectivity index (χ0v) is 24.8. The summed E-state index contributed by atoms with van der Waals surface area (Å²) < 4.78 is 8.12. The summed E-state index contributed by atoms with van der Waals surface area (Å²) in [5.41, 5.74) is 8.86. The van der Waals surface area contributed by atoms with Crippen molar-refractivity contribution in [3.05, 3.63) is 145 Å². The Bertz CT molecular complexity index is 2590. The standard InChI is InChI=1S/C40H23B3N2O/c41-40(42,43)39-44-33-17-6-7-18-34(33)45(39)26-11-9-10-24(22-26)37-28-13-1-3-15-30(28)38(31-16-4-2-14-29(31)37)25-20-21-36-32(23-25)27-12-5-8-19-35(27)46-36/h1-23H. The van der Waals surface area contributed by atoms with Gasteiger partial charge >= 0.3 is 0 Å². The largest absolute Gasteiger partial charge is 0.456 e. The molecule has 2 aromatic heterocycles. The second-order valence-corrected chi connectivity index (χ2v) is 11.9. The van der Waals surface area contributed by atoms with Crippen LogP contribution in [0.25, 0.3) is 82.5 Å². The van der Waals surface area contributed by atoms with Crippen LogP contribution in [0.4, 0.5) is 0 Å². The van der Waals surface area contributed by atoms with E-state index in [9.17, 15) is 0 Å². The maximum Gasteiger partial charge on any atom is 0.135 e. The average Bonchev–Trinajstić information content (AvgIpc) is 3.66. The molecule has 2 heterocycles. The Labute approximate surface area is 269 Å². The van der Waals surface area contributed by atoms with Crippen molar-refractivity contribution < 1.29 is 4.42 Å². The fourth-order valence-electron chi connectivity index (χ4n) is 7.01. The van der Waals surface area contributed by atoms with Crippen LogP contribution in [0.5, 0.6) is 0 Å². The molecule has 0 fully saturated rings. The van der Waals surface area contributed by atoms with Crippen LogP contribution in [0.1, 0.15) is 5.82 Å². The summed E-state index contributed by atoms with van der Waals surface area (Å²) >= 11 is 0. The van der Waals surface area contributed by atoms with Gasteiger partial charge in [-0.2, -0.15) is 0 Å². The minimum absolute atomic E-state index is 0.387. The summed E-state index contributed by atoms with van der Waals surface area (Å²) in [5.74, 6) is 0.387. The lowest BCUT2D eigenvalue weighted by atomic mass is 9.42. The van der Waals surface area contributed by atoms with Crippen molar-refractivity contribution in [2.75, 3.05) is 0 Å². The predicted molar refractivity (Wildman–Crippen MR) is 193 cm³/mol. The number of rotatable bonds is 4. The number of hydrogen-bond acceptors (Lipinski definition) is 2. The number of hydrogen-bond donors (Lipinski definition) is 0. The predicted octanol–water partition coefficient (Wildman–Crippen LogP) is 9.18. The lowest BCUT2D eigenvalue weighted by Gasteiger charge is -2.22. The van der Waals surface area contributed by atoms with Crippen molar-refractivity contribution in [3.8, 4) is 27.9 Å². The summed E-state index contributed by atoms with van der Waals surface area (Å²) in [7, 11) is 18.8.